The van der Waals surface area contributed by atoms with E-state index < -0.39 is 0 Å². The van der Waals surface area contributed by atoms with Crippen LogP contribution in [0.4, 0.5) is 5.69 Å². The molecule has 0 aliphatic carbocycles. The van der Waals surface area contributed by atoms with Crippen molar-refractivity contribution in [2.45, 2.75) is 26.7 Å². The third-order valence-electron chi connectivity index (χ3n) is 3.10. The Morgan fingerprint density at radius 3 is 2.62 bits per heavy atom. The standard InChI is InChI=1S/C14H14Cl2N2O3/c1-7-9(8(2)21-18-7)3-4-14(20)17-12-5-10(15)11(16)6-13(12)19/h5-6,19H,3-4H2,1-2H3,(H,17,20). The van der Waals surface area contributed by atoms with Crippen LogP contribution in [0, 0.1) is 13.8 Å². The second-order valence-electron chi connectivity index (χ2n) is 4.63. The Hall–Kier alpha value is -1.72. The maximum absolute atomic E-state index is 11.9. The van der Waals surface area contributed by atoms with Crippen molar-refractivity contribution in [1.29, 1.82) is 0 Å². The third kappa shape index (κ3) is 3.68. The lowest BCUT2D eigenvalue weighted by Gasteiger charge is -2.08. The highest BCUT2D eigenvalue weighted by atomic mass is 35.5. The van der Waals surface area contributed by atoms with Gasteiger partial charge in [0.1, 0.15) is 11.5 Å². The largest absolute Gasteiger partial charge is 0.506 e. The van der Waals surface area contributed by atoms with Crippen molar-refractivity contribution in [3.63, 3.8) is 0 Å². The molecule has 0 spiro atoms. The van der Waals surface area contributed by atoms with Gasteiger partial charge in [-0.3, -0.25) is 4.79 Å². The number of halogens is 2. The number of phenolic OH excluding ortho intramolecular Hbond substituents is 1. The summed E-state index contributed by atoms with van der Waals surface area (Å²) in [6.45, 7) is 3.63. The second-order valence-corrected chi connectivity index (χ2v) is 5.45. The van der Waals surface area contributed by atoms with Gasteiger partial charge in [0.25, 0.3) is 0 Å². The number of nitrogens with zero attached hydrogens (tertiary/aromatic N) is 1. The summed E-state index contributed by atoms with van der Waals surface area (Å²) < 4.78 is 5.04. The normalized spacial score (nSPS) is 10.7. The first-order valence-electron chi connectivity index (χ1n) is 6.28. The molecule has 1 heterocycles. The van der Waals surface area contributed by atoms with E-state index in [9.17, 15) is 9.90 Å². The highest BCUT2D eigenvalue weighted by molar-refractivity contribution is 6.42. The van der Waals surface area contributed by atoms with E-state index in [1.807, 2.05) is 6.92 Å². The van der Waals surface area contributed by atoms with Crippen molar-refractivity contribution in [3.05, 3.63) is 39.2 Å². The predicted octanol–water partition coefficient (Wildman–Crippen LogP) is 3.88. The molecule has 1 aromatic carbocycles. The Labute approximate surface area is 131 Å². The highest BCUT2D eigenvalue weighted by Gasteiger charge is 2.13. The Balaban J connectivity index is 2.01. The molecule has 1 aromatic heterocycles. The number of aromatic nitrogens is 1. The number of aromatic hydroxyl groups is 1. The van der Waals surface area contributed by atoms with Crippen molar-refractivity contribution in [1.82, 2.24) is 5.16 Å². The van der Waals surface area contributed by atoms with Crippen molar-refractivity contribution < 1.29 is 14.4 Å². The maximum atomic E-state index is 11.9. The van der Waals surface area contributed by atoms with Crippen LogP contribution in [0.5, 0.6) is 5.75 Å². The summed E-state index contributed by atoms with van der Waals surface area (Å²) in [5.41, 5.74) is 1.93. The number of anilines is 1. The lowest BCUT2D eigenvalue weighted by Crippen LogP contribution is -2.12. The minimum Gasteiger partial charge on any atom is -0.506 e. The lowest BCUT2D eigenvalue weighted by atomic mass is 10.1. The average molecular weight is 329 g/mol. The molecule has 0 saturated carbocycles. The number of benzene rings is 1. The lowest BCUT2D eigenvalue weighted by molar-refractivity contribution is -0.116. The van der Waals surface area contributed by atoms with Crippen LogP contribution in [0.15, 0.2) is 16.7 Å². The van der Waals surface area contributed by atoms with E-state index in [0.29, 0.717) is 12.2 Å². The first-order valence-corrected chi connectivity index (χ1v) is 7.03. The average Bonchev–Trinajstić information content (AvgIpc) is 2.73. The molecule has 21 heavy (non-hydrogen) atoms. The van der Waals surface area contributed by atoms with Crippen molar-refractivity contribution in [2.75, 3.05) is 5.32 Å². The molecular formula is C14H14Cl2N2O3. The van der Waals surface area contributed by atoms with Gasteiger partial charge in [0.05, 0.1) is 21.4 Å². The number of rotatable bonds is 4. The Morgan fingerprint density at radius 1 is 1.33 bits per heavy atom. The van der Waals surface area contributed by atoms with E-state index in [1.165, 1.54) is 12.1 Å². The van der Waals surface area contributed by atoms with Gasteiger partial charge in [-0.1, -0.05) is 28.4 Å². The number of phenols is 1. The molecular weight excluding hydrogens is 315 g/mol. The molecule has 0 fully saturated rings. The molecule has 112 valence electrons. The zero-order valence-electron chi connectivity index (χ0n) is 11.5. The van der Waals surface area contributed by atoms with Crippen molar-refractivity contribution in [2.24, 2.45) is 0 Å². The van der Waals surface area contributed by atoms with Crippen LogP contribution >= 0.6 is 23.2 Å². The number of nitrogens with one attached hydrogen (secondary N) is 1. The number of carbonyl (C=O) groups excluding carboxylic acids is 1. The molecule has 7 heteroatoms. The number of carbonyl (C=O) groups is 1. The van der Waals surface area contributed by atoms with E-state index in [1.54, 1.807) is 6.92 Å². The Bertz CT molecular complexity index is 664. The quantitative estimate of drug-likeness (QED) is 0.835. The summed E-state index contributed by atoms with van der Waals surface area (Å²) in [4.78, 5) is 11.9. The Kier molecular flexibility index (Phi) is 4.75. The predicted molar refractivity (Wildman–Crippen MR) is 81.1 cm³/mol. The third-order valence-corrected chi connectivity index (χ3v) is 3.82. The van der Waals surface area contributed by atoms with Gasteiger partial charge in [0, 0.05) is 18.1 Å². The minimum atomic E-state index is -0.247. The first-order chi connectivity index (χ1) is 9.88. The summed E-state index contributed by atoms with van der Waals surface area (Å²) in [7, 11) is 0. The first kappa shape index (κ1) is 15.7. The van der Waals surface area contributed by atoms with Gasteiger partial charge < -0.3 is 14.9 Å². The summed E-state index contributed by atoms with van der Waals surface area (Å²) >= 11 is 11.6. The number of hydrogen-bond donors (Lipinski definition) is 2. The van der Waals surface area contributed by atoms with Crippen molar-refractivity contribution >= 4 is 34.8 Å². The van der Waals surface area contributed by atoms with Gasteiger partial charge in [-0.25, -0.2) is 0 Å². The van der Waals surface area contributed by atoms with E-state index in [4.69, 9.17) is 27.7 Å². The van der Waals surface area contributed by atoms with E-state index >= 15 is 0 Å². The highest BCUT2D eigenvalue weighted by Crippen LogP contribution is 2.33. The molecule has 1 amide bonds. The molecule has 0 radical (unpaired) electrons. The van der Waals surface area contributed by atoms with Gasteiger partial charge >= 0.3 is 0 Å². The van der Waals surface area contributed by atoms with E-state index in [2.05, 4.69) is 10.5 Å². The van der Waals surface area contributed by atoms with Gasteiger partial charge in [0.2, 0.25) is 5.91 Å². The smallest absolute Gasteiger partial charge is 0.224 e. The van der Waals surface area contributed by atoms with E-state index in [-0.39, 0.29) is 33.8 Å². The molecule has 2 N–H and O–H groups in total. The number of hydrogen-bond acceptors (Lipinski definition) is 4. The molecule has 5 nitrogen and oxygen atoms in total. The number of amides is 1. The summed E-state index contributed by atoms with van der Waals surface area (Å²) in [5.74, 6) is 0.330. The van der Waals surface area contributed by atoms with Crippen LogP contribution in [-0.2, 0) is 11.2 Å². The zero-order valence-corrected chi connectivity index (χ0v) is 13.0. The fraction of sp³-hybridized carbons (Fsp3) is 0.286. The van der Waals surface area contributed by atoms with Crippen LogP contribution in [0.2, 0.25) is 10.0 Å². The van der Waals surface area contributed by atoms with Crippen LogP contribution in [0.25, 0.3) is 0 Å². The second kappa shape index (κ2) is 6.37. The van der Waals surface area contributed by atoms with E-state index in [0.717, 1.165) is 11.3 Å². The van der Waals surface area contributed by atoms with Crippen LogP contribution in [-0.4, -0.2) is 16.2 Å². The summed E-state index contributed by atoms with van der Waals surface area (Å²) in [6, 6.07) is 2.70. The molecule has 0 unspecified atom stereocenters. The van der Waals surface area contributed by atoms with Gasteiger partial charge in [-0.15, -0.1) is 0 Å². The minimum absolute atomic E-state index is 0.130. The fourth-order valence-corrected chi connectivity index (χ4v) is 2.27. The molecule has 2 aromatic rings. The zero-order chi connectivity index (χ0) is 15.6. The van der Waals surface area contributed by atoms with Gasteiger partial charge in [-0.2, -0.15) is 0 Å². The monoisotopic (exact) mass is 328 g/mol. The molecule has 2 rings (SSSR count). The molecule has 0 bridgehead atoms. The Morgan fingerprint density at radius 2 is 2.00 bits per heavy atom. The molecule has 0 saturated heterocycles. The molecule has 0 aliphatic rings. The van der Waals surface area contributed by atoms with Gasteiger partial charge in [0.15, 0.2) is 0 Å². The SMILES string of the molecule is Cc1noc(C)c1CCC(=O)Nc1cc(Cl)c(Cl)cc1O. The number of aryl methyl sites for hydroxylation is 2. The molecule has 0 aliphatic heterocycles. The van der Waals surface area contributed by atoms with Gasteiger partial charge in [-0.05, 0) is 26.3 Å². The topological polar surface area (TPSA) is 75.4 Å². The maximum Gasteiger partial charge on any atom is 0.224 e. The van der Waals surface area contributed by atoms with Crippen LogP contribution < -0.4 is 5.32 Å². The summed E-state index contributed by atoms with van der Waals surface area (Å²) in [6.07, 6.45) is 0.748. The fourth-order valence-electron chi connectivity index (χ4n) is 1.95. The molecule has 0 atom stereocenters. The summed E-state index contributed by atoms with van der Waals surface area (Å²) in [5, 5.41) is 16.6. The van der Waals surface area contributed by atoms with Crippen molar-refractivity contribution in [3.8, 4) is 5.75 Å². The van der Waals surface area contributed by atoms with Crippen LogP contribution in [0.3, 0.4) is 0 Å². The van der Waals surface area contributed by atoms with Crippen LogP contribution in [0.1, 0.15) is 23.4 Å².